The molecule has 0 aromatic heterocycles. The molecule has 2 aromatic carbocycles. The molecule has 0 aliphatic carbocycles. The normalized spacial score (nSPS) is 18.4. The molecule has 1 atom stereocenters. The summed E-state index contributed by atoms with van der Waals surface area (Å²) in [6, 6.07) is 17.1. The molecule has 0 spiro atoms. The number of benzene rings is 2. The predicted molar refractivity (Wildman–Crippen MR) is 80.6 cm³/mol. The minimum atomic E-state index is -0.246. The first-order valence-electron chi connectivity index (χ1n) is 6.32. The van der Waals surface area contributed by atoms with Crippen molar-refractivity contribution >= 4 is 27.8 Å². The molecule has 0 amide bonds. The molecule has 0 fully saturated rings. The molecule has 0 bridgehead atoms. The first kappa shape index (κ1) is 13.1. The van der Waals surface area contributed by atoms with E-state index >= 15 is 0 Å². The van der Waals surface area contributed by atoms with Gasteiger partial charge in [0.1, 0.15) is 0 Å². The summed E-state index contributed by atoms with van der Waals surface area (Å²) in [6.45, 7) is 0. The number of rotatable bonds is 2. The number of carbonyl (C=O) groups excluding carboxylic acids is 1. The maximum absolute atomic E-state index is 11.8. The number of aliphatic imine (C=N–C) groups is 1. The third-order valence-electron chi connectivity index (χ3n) is 3.10. The van der Waals surface area contributed by atoms with Crippen molar-refractivity contribution in [2.45, 2.75) is 12.5 Å². The monoisotopic (exact) mass is 329 g/mol. The van der Waals surface area contributed by atoms with E-state index in [2.05, 4.69) is 20.9 Å². The third-order valence-corrected chi connectivity index (χ3v) is 3.59. The minimum absolute atomic E-state index is 0.191. The number of nitrogens with zero attached hydrogens (tertiary/aromatic N) is 1. The summed E-state index contributed by atoms with van der Waals surface area (Å²) in [5, 5.41) is 0. The van der Waals surface area contributed by atoms with Crippen molar-refractivity contribution in [3.63, 3.8) is 0 Å². The summed E-state index contributed by atoms with van der Waals surface area (Å²) < 4.78 is 6.23. The van der Waals surface area contributed by atoms with Gasteiger partial charge < -0.3 is 4.74 Å². The first-order valence-corrected chi connectivity index (χ1v) is 7.11. The van der Waals surface area contributed by atoms with Crippen LogP contribution in [0.4, 0.5) is 0 Å². The van der Waals surface area contributed by atoms with Crippen LogP contribution in [-0.4, -0.2) is 11.9 Å². The van der Waals surface area contributed by atoms with E-state index in [0.29, 0.717) is 5.90 Å². The molecule has 2 aromatic rings. The van der Waals surface area contributed by atoms with Crippen molar-refractivity contribution in [1.82, 2.24) is 0 Å². The second-order valence-electron chi connectivity index (χ2n) is 4.55. The number of hydrogen-bond donors (Lipinski definition) is 0. The summed E-state index contributed by atoms with van der Waals surface area (Å²) in [6.07, 6.45) is 0.271. The van der Waals surface area contributed by atoms with Crippen LogP contribution in [0.1, 0.15) is 23.6 Å². The van der Waals surface area contributed by atoms with E-state index in [1.165, 1.54) is 0 Å². The molecular weight excluding hydrogens is 318 g/mol. The van der Waals surface area contributed by atoms with Gasteiger partial charge >= 0.3 is 5.97 Å². The Hall–Kier alpha value is -1.94. The van der Waals surface area contributed by atoms with Crippen molar-refractivity contribution in [3.05, 3.63) is 70.2 Å². The highest BCUT2D eigenvalue weighted by Gasteiger charge is 2.25. The Morgan fingerprint density at radius 3 is 2.65 bits per heavy atom. The summed E-state index contributed by atoms with van der Waals surface area (Å²) in [7, 11) is 0. The lowest BCUT2D eigenvalue weighted by molar-refractivity contribution is -0.136. The topological polar surface area (TPSA) is 38.7 Å². The van der Waals surface area contributed by atoms with Crippen molar-refractivity contribution in [3.8, 4) is 0 Å². The zero-order chi connectivity index (χ0) is 13.9. The Morgan fingerprint density at radius 1 is 1.10 bits per heavy atom. The average molecular weight is 330 g/mol. The van der Waals surface area contributed by atoms with Crippen LogP contribution in [0.15, 0.2) is 64.1 Å². The Bertz CT molecular complexity index is 667. The van der Waals surface area contributed by atoms with Crippen LogP contribution in [0.3, 0.4) is 0 Å². The van der Waals surface area contributed by atoms with Crippen LogP contribution in [0.25, 0.3) is 0 Å². The zero-order valence-electron chi connectivity index (χ0n) is 10.6. The molecule has 3 rings (SSSR count). The molecule has 0 radical (unpaired) electrons. The highest BCUT2D eigenvalue weighted by Crippen LogP contribution is 2.28. The average Bonchev–Trinajstić information content (AvgIpc) is 2.47. The molecule has 0 unspecified atom stereocenters. The maximum Gasteiger partial charge on any atom is 0.315 e. The highest BCUT2D eigenvalue weighted by atomic mass is 79.9. The van der Waals surface area contributed by atoms with Gasteiger partial charge in [-0.3, -0.25) is 4.79 Å². The van der Waals surface area contributed by atoms with Gasteiger partial charge in [0.05, 0.1) is 12.5 Å². The highest BCUT2D eigenvalue weighted by molar-refractivity contribution is 9.10. The number of carbonyl (C=O) groups is 1. The fraction of sp³-hybridized carbons (Fsp3) is 0.125. The van der Waals surface area contributed by atoms with E-state index in [1.807, 2.05) is 54.6 Å². The van der Waals surface area contributed by atoms with E-state index < -0.39 is 0 Å². The standard InChI is InChI=1S/C16H12BrNO2/c17-13-8-4-7-12(9-13)14-10-15(19)20-16(18-14)11-5-2-1-3-6-11/h1-9,14H,10H2/t14-/m0/s1. The van der Waals surface area contributed by atoms with Crippen LogP contribution in [0.2, 0.25) is 0 Å². The van der Waals surface area contributed by atoms with Gasteiger partial charge in [-0.05, 0) is 29.8 Å². The molecule has 1 aliphatic heterocycles. The summed E-state index contributed by atoms with van der Waals surface area (Å²) in [4.78, 5) is 16.4. The fourth-order valence-corrected chi connectivity index (χ4v) is 2.56. The molecule has 3 nitrogen and oxygen atoms in total. The Balaban J connectivity index is 1.98. The second kappa shape index (κ2) is 5.59. The smallest absolute Gasteiger partial charge is 0.315 e. The van der Waals surface area contributed by atoms with Gasteiger partial charge in [-0.25, -0.2) is 4.99 Å². The van der Waals surface area contributed by atoms with E-state index in [0.717, 1.165) is 15.6 Å². The molecule has 0 saturated heterocycles. The molecule has 4 heteroatoms. The van der Waals surface area contributed by atoms with Gasteiger partial charge in [0.25, 0.3) is 0 Å². The SMILES string of the molecule is O=C1C[C@@H](c2cccc(Br)c2)N=C(c2ccccc2)O1. The van der Waals surface area contributed by atoms with Crippen molar-refractivity contribution in [1.29, 1.82) is 0 Å². The van der Waals surface area contributed by atoms with Crippen LogP contribution in [0.5, 0.6) is 0 Å². The number of ether oxygens (including phenoxy) is 1. The van der Waals surface area contributed by atoms with Crippen LogP contribution < -0.4 is 0 Å². The molecule has 100 valence electrons. The van der Waals surface area contributed by atoms with Crippen molar-refractivity contribution in [2.75, 3.05) is 0 Å². The van der Waals surface area contributed by atoms with Crippen LogP contribution in [-0.2, 0) is 9.53 Å². The lowest BCUT2D eigenvalue weighted by Gasteiger charge is -2.20. The largest absolute Gasteiger partial charge is 0.407 e. The van der Waals surface area contributed by atoms with Gasteiger partial charge in [0, 0.05) is 10.0 Å². The Labute approximate surface area is 125 Å². The number of halogens is 1. The van der Waals surface area contributed by atoms with E-state index in [-0.39, 0.29) is 18.4 Å². The van der Waals surface area contributed by atoms with Crippen molar-refractivity contribution in [2.24, 2.45) is 4.99 Å². The zero-order valence-corrected chi connectivity index (χ0v) is 12.2. The molecule has 0 saturated carbocycles. The first-order chi connectivity index (χ1) is 9.72. The molecule has 1 aliphatic rings. The predicted octanol–water partition coefficient (Wildman–Crippen LogP) is 3.88. The van der Waals surface area contributed by atoms with Gasteiger partial charge in [0.15, 0.2) is 0 Å². The number of esters is 1. The van der Waals surface area contributed by atoms with Gasteiger partial charge in [-0.15, -0.1) is 0 Å². The lowest BCUT2D eigenvalue weighted by Crippen LogP contribution is -2.22. The fourth-order valence-electron chi connectivity index (χ4n) is 2.14. The molecule has 0 N–H and O–H groups in total. The van der Waals surface area contributed by atoms with Crippen LogP contribution in [0, 0.1) is 0 Å². The summed E-state index contributed by atoms with van der Waals surface area (Å²) in [5.41, 5.74) is 1.82. The third kappa shape index (κ3) is 2.80. The molecule has 1 heterocycles. The van der Waals surface area contributed by atoms with E-state index in [1.54, 1.807) is 0 Å². The number of cyclic esters (lactones) is 1. The van der Waals surface area contributed by atoms with Gasteiger partial charge in [-0.2, -0.15) is 0 Å². The summed E-state index contributed by atoms with van der Waals surface area (Å²) >= 11 is 3.44. The molecule has 20 heavy (non-hydrogen) atoms. The summed E-state index contributed by atoms with van der Waals surface area (Å²) in [5.74, 6) is 0.149. The van der Waals surface area contributed by atoms with Crippen molar-refractivity contribution < 1.29 is 9.53 Å². The van der Waals surface area contributed by atoms with E-state index in [9.17, 15) is 4.79 Å². The van der Waals surface area contributed by atoms with Gasteiger partial charge in [0.2, 0.25) is 5.90 Å². The van der Waals surface area contributed by atoms with E-state index in [4.69, 9.17) is 4.74 Å². The van der Waals surface area contributed by atoms with Gasteiger partial charge in [-0.1, -0.05) is 46.3 Å². The number of hydrogen-bond acceptors (Lipinski definition) is 3. The maximum atomic E-state index is 11.8. The second-order valence-corrected chi connectivity index (χ2v) is 5.46. The van der Waals surface area contributed by atoms with Crippen LogP contribution >= 0.6 is 15.9 Å². The Morgan fingerprint density at radius 2 is 1.90 bits per heavy atom. The molecular formula is C16H12BrNO2. The minimum Gasteiger partial charge on any atom is -0.407 e. The Kier molecular flexibility index (Phi) is 3.65. The quantitative estimate of drug-likeness (QED) is 0.784. The lowest BCUT2D eigenvalue weighted by atomic mass is 10.0.